The van der Waals surface area contributed by atoms with E-state index < -0.39 is 0 Å². The minimum atomic E-state index is 0.517. The summed E-state index contributed by atoms with van der Waals surface area (Å²) in [6.07, 6.45) is 6.73. The molecule has 3 rings (SSSR count). The van der Waals surface area contributed by atoms with E-state index in [9.17, 15) is 0 Å². The maximum absolute atomic E-state index is 5.87. The molecule has 0 bridgehead atoms. The van der Waals surface area contributed by atoms with Gasteiger partial charge in [0.1, 0.15) is 17.3 Å². The first-order valence-electron chi connectivity index (χ1n) is 7.92. The molecule has 1 N–H and O–H groups in total. The summed E-state index contributed by atoms with van der Waals surface area (Å²) in [6, 6.07) is 2.07. The van der Waals surface area contributed by atoms with Gasteiger partial charge < -0.3 is 10.1 Å². The maximum Gasteiger partial charge on any atom is 0.158 e. The summed E-state index contributed by atoms with van der Waals surface area (Å²) < 4.78 is 5.87. The molecule has 0 atom stereocenters. The Hall–Kier alpha value is -1.20. The zero-order valence-electron chi connectivity index (χ0n) is 12.6. The summed E-state index contributed by atoms with van der Waals surface area (Å²) in [5.41, 5.74) is 0. The van der Waals surface area contributed by atoms with Crippen LogP contribution in [0.4, 0.5) is 5.82 Å². The average Bonchev–Trinajstić information content (AvgIpc) is 2.97. The van der Waals surface area contributed by atoms with Crippen molar-refractivity contribution < 1.29 is 4.74 Å². The van der Waals surface area contributed by atoms with Crippen molar-refractivity contribution in [3.63, 3.8) is 0 Å². The van der Waals surface area contributed by atoms with Crippen LogP contribution in [0.5, 0.6) is 0 Å². The summed E-state index contributed by atoms with van der Waals surface area (Å²) in [6.45, 7) is 4.31. The highest BCUT2D eigenvalue weighted by Gasteiger charge is 2.14. The molecular formula is C16H23N3OS. The Balaban J connectivity index is 1.63. The highest BCUT2D eigenvalue weighted by molar-refractivity contribution is 7.16. The molecule has 1 aliphatic carbocycles. The van der Waals surface area contributed by atoms with Crippen molar-refractivity contribution in [1.82, 2.24) is 9.97 Å². The largest absolute Gasteiger partial charge is 0.373 e. The number of fused-ring (bicyclic) bond motifs is 1. The molecule has 1 aliphatic rings. The molecule has 114 valence electrons. The third-order valence-electron chi connectivity index (χ3n) is 4.03. The van der Waals surface area contributed by atoms with E-state index in [0.29, 0.717) is 6.61 Å². The standard InChI is InChI=1S/C16H23N3OS/c1-2-17-15-13-8-9-21-16(13)19-14(18-15)11-20-10-12-6-4-3-5-7-12/h8-9,12H,2-7,10-11H2,1H3,(H,17,18,19). The Bertz CT molecular complexity index is 578. The van der Waals surface area contributed by atoms with E-state index in [0.717, 1.165) is 40.9 Å². The molecule has 2 aromatic heterocycles. The molecule has 0 spiro atoms. The molecule has 0 radical (unpaired) electrons. The van der Waals surface area contributed by atoms with Crippen LogP contribution in [0.25, 0.3) is 10.2 Å². The van der Waals surface area contributed by atoms with E-state index in [2.05, 4.69) is 33.7 Å². The fourth-order valence-corrected chi connectivity index (χ4v) is 3.72. The van der Waals surface area contributed by atoms with E-state index in [4.69, 9.17) is 4.74 Å². The molecule has 21 heavy (non-hydrogen) atoms. The highest BCUT2D eigenvalue weighted by atomic mass is 32.1. The number of hydrogen-bond donors (Lipinski definition) is 1. The van der Waals surface area contributed by atoms with Crippen LogP contribution < -0.4 is 5.32 Å². The van der Waals surface area contributed by atoms with Crippen LogP contribution in [0, 0.1) is 5.92 Å². The second kappa shape index (κ2) is 7.18. The monoisotopic (exact) mass is 305 g/mol. The Morgan fingerprint density at radius 2 is 2.14 bits per heavy atom. The molecule has 5 heteroatoms. The normalized spacial score (nSPS) is 16.4. The van der Waals surface area contributed by atoms with Gasteiger partial charge in [-0.2, -0.15) is 0 Å². The van der Waals surface area contributed by atoms with E-state index >= 15 is 0 Å². The molecule has 0 saturated heterocycles. The first-order chi connectivity index (χ1) is 10.4. The number of hydrogen-bond acceptors (Lipinski definition) is 5. The molecule has 1 fully saturated rings. The first-order valence-corrected chi connectivity index (χ1v) is 8.80. The zero-order chi connectivity index (χ0) is 14.5. The molecule has 2 aromatic rings. The van der Waals surface area contributed by atoms with Gasteiger partial charge in [-0.05, 0) is 37.1 Å². The van der Waals surface area contributed by atoms with Gasteiger partial charge in [0, 0.05) is 13.2 Å². The third-order valence-corrected chi connectivity index (χ3v) is 4.83. The molecule has 2 heterocycles. The summed E-state index contributed by atoms with van der Waals surface area (Å²) in [5, 5.41) is 6.49. The fourth-order valence-electron chi connectivity index (χ4n) is 2.94. The zero-order valence-corrected chi connectivity index (χ0v) is 13.4. The van der Waals surface area contributed by atoms with Crippen LogP contribution in [0.3, 0.4) is 0 Å². The van der Waals surface area contributed by atoms with Gasteiger partial charge in [-0.3, -0.25) is 0 Å². The van der Waals surface area contributed by atoms with Gasteiger partial charge in [0.25, 0.3) is 0 Å². The van der Waals surface area contributed by atoms with Crippen LogP contribution in [0.1, 0.15) is 44.9 Å². The van der Waals surface area contributed by atoms with Crippen molar-refractivity contribution in [1.29, 1.82) is 0 Å². The van der Waals surface area contributed by atoms with Crippen LogP contribution >= 0.6 is 11.3 Å². The molecule has 4 nitrogen and oxygen atoms in total. The maximum atomic E-state index is 5.87. The Labute approximate surface area is 129 Å². The van der Waals surface area contributed by atoms with Crippen molar-refractivity contribution in [2.24, 2.45) is 5.92 Å². The molecular weight excluding hydrogens is 282 g/mol. The summed E-state index contributed by atoms with van der Waals surface area (Å²) in [7, 11) is 0. The van der Waals surface area contributed by atoms with Crippen molar-refractivity contribution in [2.75, 3.05) is 18.5 Å². The molecule has 0 aromatic carbocycles. The fraction of sp³-hybridized carbons (Fsp3) is 0.625. The highest BCUT2D eigenvalue weighted by Crippen LogP contribution is 2.26. The predicted molar refractivity (Wildman–Crippen MR) is 87.8 cm³/mol. The topological polar surface area (TPSA) is 47.0 Å². The van der Waals surface area contributed by atoms with Crippen LogP contribution in [0.15, 0.2) is 11.4 Å². The van der Waals surface area contributed by atoms with Crippen molar-refractivity contribution in [3.8, 4) is 0 Å². The van der Waals surface area contributed by atoms with E-state index in [-0.39, 0.29) is 0 Å². The number of thiophene rings is 1. The predicted octanol–water partition coefficient (Wildman–Crippen LogP) is 4.22. The van der Waals surface area contributed by atoms with Crippen molar-refractivity contribution in [3.05, 3.63) is 17.3 Å². The van der Waals surface area contributed by atoms with E-state index in [1.165, 1.54) is 32.1 Å². The van der Waals surface area contributed by atoms with Crippen molar-refractivity contribution in [2.45, 2.75) is 45.6 Å². The SMILES string of the molecule is CCNc1nc(COCC2CCCCC2)nc2sccc12. The number of nitrogens with zero attached hydrogens (tertiary/aromatic N) is 2. The number of ether oxygens (including phenoxy) is 1. The summed E-state index contributed by atoms with van der Waals surface area (Å²) in [5.74, 6) is 2.45. The Morgan fingerprint density at radius 1 is 1.29 bits per heavy atom. The molecule has 0 unspecified atom stereocenters. The number of nitrogens with one attached hydrogen (secondary N) is 1. The lowest BCUT2D eigenvalue weighted by Gasteiger charge is -2.21. The lowest BCUT2D eigenvalue weighted by Crippen LogP contribution is -2.14. The summed E-state index contributed by atoms with van der Waals surface area (Å²) in [4.78, 5) is 10.2. The average molecular weight is 305 g/mol. The smallest absolute Gasteiger partial charge is 0.158 e. The second-order valence-corrected chi connectivity index (χ2v) is 6.57. The Kier molecular flexibility index (Phi) is 5.04. The summed E-state index contributed by atoms with van der Waals surface area (Å²) >= 11 is 1.66. The molecule has 0 amide bonds. The lowest BCUT2D eigenvalue weighted by atomic mass is 9.90. The minimum absolute atomic E-state index is 0.517. The third kappa shape index (κ3) is 3.71. The minimum Gasteiger partial charge on any atom is -0.373 e. The van der Waals surface area contributed by atoms with E-state index in [1.54, 1.807) is 11.3 Å². The number of rotatable bonds is 6. The number of anilines is 1. The van der Waals surface area contributed by atoms with Crippen LogP contribution in [-0.2, 0) is 11.3 Å². The van der Waals surface area contributed by atoms with Gasteiger partial charge in [0.05, 0.1) is 5.39 Å². The Morgan fingerprint density at radius 3 is 2.95 bits per heavy atom. The van der Waals surface area contributed by atoms with Crippen LogP contribution in [0.2, 0.25) is 0 Å². The van der Waals surface area contributed by atoms with Gasteiger partial charge in [0.2, 0.25) is 0 Å². The van der Waals surface area contributed by atoms with Gasteiger partial charge in [-0.15, -0.1) is 11.3 Å². The van der Waals surface area contributed by atoms with Crippen LogP contribution in [-0.4, -0.2) is 23.1 Å². The van der Waals surface area contributed by atoms with Gasteiger partial charge in [0.15, 0.2) is 5.82 Å². The van der Waals surface area contributed by atoms with Crippen molar-refractivity contribution >= 4 is 27.4 Å². The van der Waals surface area contributed by atoms with Gasteiger partial charge >= 0.3 is 0 Å². The first kappa shape index (κ1) is 14.7. The molecule has 1 saturated carbocycles. The molecule has 0 aliphatic heterocycles. The number of aromatic nitrogens is 2. The lowest BCUT2D eigenvalue weighted by molar-refractivity contribution is 0.0702. The van der Waals surface area contributed by atoms with Gasteiger partial charge in [-0.25, -0.2) is 9.97 Å². The second-order valence-electron chi connectivity index (χ2n) is 5.68. The van der Waals surface area contributed by atoms with E-state index in [1.807, 2.05) is 0 Å². The quantitative estimate of drug-likeness (QED) is 0.868. The van der Waals surface area contributed by atoms with Gasteiger partial charge in [-0.1, -0.05) is 19.3 Å².